The fourth-order valence-corrected chi connectivity index (χ4v) is 2.45. The fourth-order valence-electron chi connectivity index (χ4n) is 2.45. The van der Waals surface area contributed by atoms with Crippen molar-refractivity contribution in [3.8, 4) is 17.2 Å². The van der Waals surface area contributed by atoms with E-state index in [9.17, 15) is 9.59 Å². The second-order valence-electron chi connectivity index (χ2n) is 5.87. The van der Waals surface area contributed by atoms with Crippen LogP contribution in [-0.2, 0) is 4.79 Å². The molecule has 0 radical (unpaired) electrons. The van der Waals surface area contributed by atoms with E-state index < -0.39 is 6.10 Å². The molecule has 6 nitrogen and oxygen atoms in total. The van der Waals surface area contributed by atoms with Gasteiger partial charge in [-0.15, -0.1) is 0 Å². The van der Waals surface area contributed by atoms with Gasteiger partial charge in [-0.3, -0.25) is 9.59 Å². The molecule has 1 heterocycles. The van der Waals surface area contributed by atoms with Gasteiger partial charge in [-0.25, -0.2) is 0 Å². The number of amides is 1. The van der Waals surface area contributed by atoms with E-state index in [-0.39, 0.29) is 18.5 Å². The van der Waals surface area contributed by atoms with Crippen LogP contribution < -0.4 is 19.5 Å². The monoisotopic (exact) mass is 341 g/mol. The molecule has 0 saturated carbocycles. The van der Waals surface area contributed by atoms with Gasteiger partial charge in [-0.05, 0) is 39.0 Å². The van der Waals surface area contributed by atoms with Crippen LogP contribution in [0.5, 0.6) is 17.2 Å². The van der Waals surface area contributed by atoms with Crippen molar-refractivity contribution in [3.05, 3.63) is 47.5 Å². The van der Waals surface area contributed by atoms with E-state index in [4.69, 9.17) is 14.2 Å². The SMILES string of the molecule is CC(=O)c1cc2c(cc1NC(=O)[C@H](C)Oc1ccc(C)cc1)OCO2. The van der Waals surface area contributed by atoms with Crippen molar-refractivity contribution in [2.45, 2.75) is 26.9 Å². The van der Waals surface area contributed by atoms with Gasteiger partial charge in [0.25, 0.3) is 5.91 Å². The van der Waals surface area contributed by atoms with Crippen molar-refractivity contribution in [1.82, 2.24) is 0 Å². The Morgan fingerprint density at radius 3 is 2.40 bits per heavy atom. The minimum absolute atomic E-state index is 0.0943. The number of rotatable bonds is 5. The first-order valence-electron chi connectivity index (χ1n) is 7.93. The van der Waals surface area contributed by atoms with E-state index in [2.05, 4.69) is 5.32 Å². The number of ether oxygens (including phenoxy) is 3. The van der Waals surface area contributed by atoms with E-state index in [0.717, 1.165) is 5.56 Å². The average molecular weight is 341 g/mol. The third-order valence-corrected chi connectivity index (χ3v) is 3.85. The Balaban J connectivity index is 1.75. The van der Waals surface area contributed by atoms with Gasteiger partial charge >= 0.3 is 0 Å². The lowest BCUT2D eigenvalue weighted by Crippen LogP contribution is -2.30. The smallest absolute Gasteiger partial charge is 0.265 e. The molecular weight excluding hydrogens is 322 g/mol. The van der Waals surface area contributed by atoms with E-state index in [1.54, 1.807) is 31.2 Å². The largest absolute Gasteiger partial charge is 0.481 e. The minimum atomic E-state index is -0.729. The van der Waals surface area contributed by atoms with Gasteiger partial charge in [0, 0.05) is 11.6 Å². The number of carbonyl (C=O) groups excluding carboxylic acids is 2. The third-order valence-electron chi connectivity index (χ3n) is 3.85. The van der Waals surface area contributed by atoms with Crippen LogP contribution >= 0.6 is 0 Å². The lowest BCUT2D eigenvalue weighted by atomic mass is 10.1. The Bertz CT molecular complexity index is 813. The van der Waals surface area contributed by atoms with Crippen LogP contribution in [0, 0.1) is 6.92 Å². The van der Waals surface area contributed by atoms with Gasteiger partial charge in [0.05, 0.1) is 5.69 Å². The van der Waals surface area contributed by atoms with Crippen LogP contribution in [-0.4, -0.2) is 24.6 Å². The highest BCUT2D eigenvalue weighted by Gasteiger charge is 2.22. The molecule has 0 saturated heterocycles. The number of hydrogen-bond acceptors (Lipinski definition) is 5. The molecule has 2 aromatic rings. The Morgan fingerprint density at radius 1 is 1.12 bits per heavy atom. The molecule has 6 heteroatoms. The van der Waals surface area contributed by atoms with Crippen LogP contribution in [0.15, 0.2) is 36.4 Å². The van der Waals surface area contributed by atoms with Gasteiger partial charge in [0.15, 0.2) is 23.4 Å². The van der Waals surface area contributed by atoms with Gasteiger partial charge in [0.1, 0.15) is 5.75 Å². The summed E-state index contributed by atoms with van der Waals surface area (Å²) in [5.74, 6) is 1.05. The average Bonchev–Trinajstić information content (AvgIpc) is 3.03. The summed E-state index contributed by atoms with van der Waals surface area (Å²) in [6.45, 7) is 5.15. The van der Waals surface area contributed by atoms with Crippen LogP contribution in [0.1, 0.15) is 29.8 Å². The molecule has 1 aliphatic rings. The van der Waals surface area contributed by atoms with Crippen LogP contribution in [0.25, 0.3) is 0 Å². The molecule has 1 N–H and O–H groups in total. The number of aryl methyl sites for hydroxylation is 1. The summed E-state index contributed by atoms with van der Waals surface area (Å²) in [4.78, 5) is 24.3. The maximum absolute atomic E-state index is 12.4. The number of benzene rings is 2. The summed E-state index contributed by atoms with van der Waals surface area (Å²) >= 11 is 0. The first-order chi connectivity index (χ1) is 11.9. The summed E-state index contributed by atoms with van der Waals surface area (Å²) in [5, 5.41) is 2.73. The summed E-state index contributed by atoms with van der Waals surface area (Å²) in [6, 6.07) is 10.6. The van der Waals surface area contributed by atoms with Crippen LogP contribution in [0.2, 0.25) is 0 Å². The zero-order valence-electron chi connectivity index (χ0n) is 14.3. The second-order valence-corrected chi connectivity index (χ2v) is 5.87. The molecule has 0 bridgehead atoms. The normalized spacial score (nSPS) is 13.2. The Hall–Kier alpha value is -3.02. The second kappa shape index (κ2) is 6.84. The molecule has 1 atom stereocenters. The number of nitrogens with one attached hydrogen (secondary N) is 1. The molecule has 0 fully saturated rings. The van der Waals surface area contributed by atoms with Gasteiger partial charge in [-0.1, -0.05) is 17.7 Å². The molecule has 25 heavy (non-hydrogen) atoms. The maximum Gasteiger partial charge on any atom is 0.265 e. The van der Waals surface area contributed by atoms with Crippen LogP contribution in [0.3, 0.4) is 0 Å². The zero-order chi connectivity index (χ0) is 18.0. The first kappa shape index (κ1) is 16.8. The standard InChI is InChI=1S/C19H19NO5/c1-11-4-6-14(7-5-11)25-13(3)19(22)20-16-9-18-17(23-10-24-18)8-15(16)12(2)21/h4-9,13H,10H2,1-3H3,(H,20,22)/t13-/m0/s1. The van der Waals surface area contributed by atoms with Crippen molar-refractivity contribution < 1.29 is 23.8 Å². The summed E-state index contributed by atoms with van der Waals surface area (Å²) in [6.07, 6.45) is -0.729. The Labute approximate surface area is 145 Å². The number of ketones is 1. The van der Waals surface area contributed by atoms with Crippen molar-refractivity contribution in [3.63, 3.8) is 0 Å². The summed E-state index contributed by atoms with van der Waals surface area (Å²) in [5.41, 5.74) is 1.84. The van der Waals surface area contributed by atoms with E-state index in [1.165, 1.54) is 6.92 Å². The summed E-state index contributed by atoms with van der Waals surface area (Å²) in [7, 11) is 0. The zero-order valence-corrected chi connectivity index (χ0v) is 14.3. The number of carbonyl (C=O) groups is 2. The topological polar surface area (TPSA) is 73.9 Å². The fraction of sp³-hybridized carbons (Fsp3) is 0.263. The first-order valence-corrected chi connectivity index (χ1v) is 7.93. The highest BCUT2D eigenvalue weighted by molar-refractivity contribution is 6.05. The molecule has 1 amide bonds. The third kappa shape index (κ3) is 3.74. The predicted octanol–water partition coefficient (Wildman–Crippen LogP) is 3.33. The highest BCUT2D eigenvalue weighted by atomic mass is 16.7. The van der Waals surface area contributed by atoms with Gasteiger partial charge in [0.2, 0.25) is 6.79 Å². The lowest BCUT2D eigenvalue weighted by molar-refractivity contribution is -0.122. The molecule has 1 aliphatic heterocycles. The van der Waals surface area contributed by atoms with Crippen molar-refractivity contribution in [2.75, 3.05) is 12.1 Å². The Kier molecular flexibility index (Phi) is 4.61. The number of hydrogen-bond donors (Lipinski definition) is 1. The predicted molar refractivity (Wildman–Crippen MR) is 92.5 cm³/mol. The van der Waals surface area contributed by atoms with Crippen molar-refractivity contribution >= 4 is 17.4 Å². The number of Topliss-reactive ketones (excluding diaryl/α,β-unsaturated/α-hetero) is 1. The molecule has 130 valence electrons. The van der Waals surface area contributed by atoms with Crippen LogP contribution in [0.4, 0.5) is 5.69 Å². The molecule has 2 aromatic carbocycles. The minimum Gasteiger partial charge on any atom is -0.481 e. The Morgan fingerprint density at radius 2 is 1.76 bits per heavy atom. The number of fused-ring (bicyclic) bond motifs is 1. The molecule has 0 unspecified atom stereocenters. The molecule has 0 spiro atoms. The molecule has 0 aromatic heterocycles. The number of anilines is 1. The summed E-state index contributed by atoms with van der Waals surface area (Å²) < 4.78 is 16.2. The maximum atomic E-state index is 12.4. The van der Waals surface area contributed by atoms with Gasteiger partial charge in [-0.2, -0.15) is 0 Å². The van der Waals surface area contributed by atoms with Crippen molar-refractivity contribution in [2.24, 2.45) is 0 Å². The van der Waals surface area contributed by atoms with Gasteiger partial charge < -0.3 is 19.5 Å². The molecule has 3 rings (SSSR count). The lowest BCUT2D eigenvalue weighted by Gasteiger charge is -2.16. The highest BCUT2D eigenvalue weighted by Crippen LogP contribution is 2.37. The van der Waals surface area contributed by atoms with Crippen molar-refractivity contribution in [1.29, 1.82) is 0 Å². The van der Waals surface area contributed by atoms with E-state index >= 15 is 0 Å². The van der Waals surface area contributed by atoms with E-state index in [0.29, 0.717) is 28.5 Å². The quantitative estimate of drug-likeness (QED) is 0.845. The molecule has 0 aliphatic carbocycles. The van der Waals surface area contributed by atoms with E-state index in [1.807, 2.05) is 19.1 Å². The molecular formula is C19H19NO5.